The number of hydrogen-bond donors (Lipinski definition) is 2. The number of hydrogen-bond acceptors (Lipinski definition) is 3. The Morgan fingerprint density at radius 1 is 1.16 bits per heavy atom. The van der Waals surface area contributed by atoms with Crippen molar-refractivity contribution in [2.45, 2.75) is 39.0 Å². The predicted octanol–water partition coefficient (Wildman–Crippen LogP) is 3.21. The fraction of sp³-hybridized carbons (Fsp3) is 0.533. The van der Waals surface area contributed by atoms with E-state index >= 15 is 0 Å². The molecule has 0 aliphatic carbocycles. The van der Waals surface area contributed by atoms with Gasteiger partial charge in [-0.2, -0.15) is 0 Å². The van der Waals surface area contributed by atoms with Gasteiger partial charge in [0.2, 0.25) is 0 Å². The molecule has 1 aromatic rings. The molecule has 1 rings (SSSR count). The van der Waals surface area contributed by atoms with Crippen molar-refractivity contribution in [1.82, 2.24) is 0 Å². The van der Waals surface area contributed by atoms with Gasteiger partial charge in [0.15, 0.2) is 0 Å². The fourth-order valence-corrected chi connectivity index (χ4v) is 2.02. The normalized spacial score (nSPS) is 11.5. The van der Waals surface area contributed by atoms with E-state index in [-0.39, 0.29) is 0 Å². The summed E-state index contributed by atoms with van der Waals surface area (Å²) < 4.78 is 0. The predicted molar refractivity (Wildman–Crippen MR) is 80.8 cm³/mol. The molecular formula is C15H25N3O. The molecule has 19 heavy (non-hydrogen) atoms. The van der Waals surface area contributed by atoms with Gasteiger partial charge in [0.1, 0.15) is 5.84 Å². The van der Waals surface area contributed by atoms with E-state index in [4.69, 9.17) is 10.9 Å². The molecule has 0 aromatic heterocycles. The second kappa shape index (κ2) is 9.25. The first kappa shape index (κ1) is 15.3. The van der Waals surface area contributed by atoms with Gasteiger partial charge in [0.05, 0.1) is 0 Å². The number of para-hydroxylation sites is 1. The van der Waals surface area contributed by atoms with Crippen LogP contribution in [0.1, 0.15) is 39.0 Å². The molecule has 0 bridgehead atoms. The van der Waals surface area contributed by atoms with Crippen LogP contribution in [-0.4, -0.2) is 24.1 Å². The summed E-state index contributed by atoms with van der Waals surface area (Å²) in [5, 5.41) is 11.5. The maximum absolute atomic E-state index is 8.49. The minimum Gasteiger partial charge on any atom is -0.409 e. The minimum absolute atomic E-state index is 0.319. The standard InChI is InChI=1S/C15H25N3O/c1-2-3-12-18(14-9-5-4-6-10-14)13-8-7-11-15(16)17-19/h4-6,9-10,19H,2-3,7-8,11-13H2,1H3,(H2,16,17). The van der Waals surface area contributed by atoms with Crippen LogP contribution in [0.2, 0.25) is 0 Å². The van der Waals surface area contributed by atoms with Crippen LogP contribution in [0.3, 0.4) is 0 Å². The van der Waals surface area contributed by atoms with Crippen molar-refractivity contribution in [3.63, 3.8) is 0 Å². The Hall–Kier alpha value is -1.71. The zero-order chi connectivity index (χ0) is 13.9. The summed E-state index contributed by atoms with van der Waals surface area (Å²) in [6, 6.07) is 10.5. The first-order chi connectivity index (χ1) is 9.27. The first-order valence-electron chi connectivity index (χ1n) is 7.04. The van der Waals surface area contributed by atoms with Gasteiger partial charge < -0.3 is 15.8 Å². The molecule has 0 radical (unpaired) electrons. The third-order valence-corrected chi connectivity index (χ3v) is 3.14. The molecule has 3 N–H and O–H groups in total. The molecule has 0 aliphatic heterocycles. The highest BCUT2D eigenvalue weighted by atomic mass is 16.4. The number of nitrogens with zero attached hydrogens (tertiary/aromatic N) is 2. The zero-order valence-electron chi connectivity index (χ0n) is 11.8. The number of benzene rings is 1. The van der Waals surface area contributed by atoms with Crippen LogP contribution in [0.4, 0.5) is 5.69 Å². The molecule has 0 heterocycles. The first-order valence-corrected chi connectivity index (χ1v) is 7.04. The highest BCUT2D eigenvalue weighted by Gasteiger charge is 2.05. The highest BCUT2D eigenvalue weighted by Crippen LogP contribution is 2.15. The van der Waals surface area contributed by atoms with Crippen LogP contribution in [0.15, 0.2) is 35.5 Å². The van der Waals surface area contributed by atoms with Crippen LogP contribution in [-0.2, 0) is 0 Å². The fourth-order valence-electron chi connectivity index (χ4n) is 2.02. The van der Waals surface area contributed by atoms with Crippen molar-refractivity contribution in [3.05, 3.63) is 30.3 Å². The van der Waals surface area contributed by atoms with Crippen molar-refractivity contribution < 1.29 is 5.21 Å². The molecule has 0 spiro atoms. The number of anilines is 1. The van der Waals surface area contributed by atoms with Crippen molar-refractivity contribution in [2.24, 2.45) is 10.9 Å². The minimum atomic E-state index is 0.319. The summed E-state index contributed by atoms with van der Waals surface area (Å²) in [7, 11) is 0. The second-order valence-corrected chi connectivity index (χ2v) is 4.72. The van der Waals surface area contributed by atoms with Gasteiger partial charge in [0, 0.05) is 25.2 Å². The smallest absolute Gasteiger partial charge is 0.139 e. The van der Waals surface area contributed by atoms with Crippen LogP contribution >= 0.6 is 0 Å². The SMILES string of the molecule is CCCCN(CCCCC(N)=NO)c1ccccc1. The zero-order valence-corrected chi connectivity index (χ0v) is 11.8. The van der Waals surface area contributed by atoms with Gasteiger partial charge in [-0.1, -0.05) is 36.7 Å². The van der Waals surface area contributed by atoms with Gasteiger partial charge in [0.25, 0.3) is 0 Å². The lowest BCUT2D eigenvalue weighted by atomic mass is 10.2. The summed E-state index contributed by atoms with van der Waals surface area (Å²) in [4.78, 5) is 2.41. The second-order valence-electron chi connectivity index (χ2n) is 4.72. The quantitative estimate of drug-likeness (QED) is 0.236. The Labute approximate surface area is 115 Å². The van der Waals surface area contributed by atoms with Crippen molar-refractivity contribution in [3.8, 4) is 0 Å². The summed E-state index contributed by atoms with van der Waals surface area (Å²) in [5.41, 5.74) is 6.75. The molecule has 0 amide bonds. The largest absolute Gasteiger partial charge is 0.409 e. The maximum atomic E-state index is 8.49. The van der Waals surface area contributed by atoms with E-state index in [9.17, 15) is 0 Å². The third kappa shape index (κ3) is 6.13. The van der Waals surface area contributed by atoms with Gasteiger partial charge >= 0.3 is 0 Å². The molecule has 0 fully saturated rings. The van der Waals surface area contributed by atoms with E-state index < -0.39 is 0 Å². The number of nitrogens with two attached hydrogens (primary N) is 1. The molecule has 4 nitrogen and oxygen atoms in total. The average Bonchev–Trinajstić information content (AvgIpc) is 2.47. The molecule has 0 aliphatic rings. The van der Waals surface area contributed by atoms with Gasteiger partial charge in [-0.25, -0.2) is 0 Å². The Morgan fingerprint density at radius 3 is 2.47 bits per heavy atom. The van der Waals surface area contributed by atoms with Crippen LogP contribution in [0.25, 0.3) is 0 Å². The molecule has 0 saturated heterocycles. The lowest BCUT2D eigenvalue weighted by Gasteiger charge is -2.24. The Bertz CT molecular complexity index is 365. The molecule has 0 unspecified atom stereocenters. The van der Waals surface area contributed by atoms with Crippen LogP contribution in [0, 0.1) is 0 Å². The van der Waals surface area contributed by atoms with E-state index in [1.54, 1.807) is 0 Å². The summed E-state index contributed by atoms with van der Waals surface area (Å²) in [5.74, 6) is 0.319. The maximum Gasteiger partial charge on any atom is 0.139 e. The summed E-state index contributed by atoms with van der Waals surface area (Å²) in [6.07, 6.45) is 5.07. The van der Waals surface area contributed by atoms with Gasteiger partial charge in [-0.3, -0.25) is 0 Å². The van der Waals surface area contributed by atoms with Crippen LogP contribution in [0.5, 0.6) is 0 Å². The summed E-state index contributed by atoms with van der Waals surface area (Å²) in [6.45, 7) is 4.31. The molecule has 4 heteroatoms. The summed E-state index contributed by atoms with van der Waals surface area (Å²) >= 11 is 0. The van der Waals surface area contributed by atoms with Crippen molar-refractivity contribution in [2.75, 3.05) is 18.0 Å². The van der Waals surface area contributed by atoms with Crippen molar-refractivity contribution >= 4 is 11.5 Å². The van der Waals surface area contributed by atoms with Gasteiger partial charge in [-0.15, -0.1) is 0 Å². The Kier molecular flexibility index (Phi) is 7.47. The molecular weight excluding hydrogens is 238 g/mol. The third-order valence-electron chi connectivity index (χ3n) is 3.14. The van der Waals surface area contributed by atoms with E-state index in [0.29, 0.717) is 12.3 Å². The lowest BCUT2D eigenvalue weighted by molar-refractivity contribution is 0.316. The number of amidine groups is 1. The Morgan fingerprint density at radius 2 is 1.84 bits per heavy atom. The van der Waals surface area contributed by atoms with Gasteiger partial charge in [-0.05, 0) is 31.4 Å². The Balaban J connectivity index is 2.42. The van der Waals surface area contributed by atoms with E-state index in [0.717, 1.165) is 25.9 Å². The van der Waals surface area contributed by atoms with E-state index in [1.807, 2.05) is 6.07 Å². The number of oxime groups is 1. The average molecular weight is 263 g/mol. The lowest BCUT2D eigenvalue weighted by Crippen LogP contribution is -2.25. The van der Waals surface area contributed by atoms with E-state index in [2.05, 4.69) is 41.2 Å². The molecule has 0 saturated carbocycles. The van der Waals surface area contributed by atoms with Crippen LogP contribution < -0.4 is 10.6 Å². The molecule has 106 valence electrons. The molecule has 0 atom stereocenters. The topological polar surface area (TPSA) is 61.8 Å². The number of unbranched alkanes of at least 4 members (excludes halogenated alkanes) is 2. The molecule has 1 aromatic carbocycles. The highest BCUT2D eigenvalue weighted by molar-refractivity contribution is 5.79. The monoisotopic (exact) mass is 263 g/mol. The van der Waals surface area contributed by atoms with E-state index in [1.165, 1.54) is 18.5 Å². The number of rotatable bonds is 9. The van der Waals surface area contributed by atoms with Crippen molar-refractivity contribution in [1.29, 1.82) is 0 Å².